The van der Waals surface area contributed by atoms with Gasteiger partial charge in [-0.25, -0.2) is 4.79 Å². The minimum absolute atomic E-state index is 0.103. The second-order valence-electron chi connectivity index (χ2n) is 8.17. The lowest BCUT2D eigenvalue weighted by Crippen LogP contribution is -2.45. The average molecular weight is 400 g/mol. The molecule has 1 N–H and O–H groups in total. The molecule has 1 saturated carbocycles. The Morgan fingerprint density at radius 2 is 2.07 bits per heavy atom. The Labute approximate surface area is 173 Å². The molecule has 1 aliphatic rings. The SMILES string of the molecule is CCCn1c(C)cc(/C=C(\C#N)C(=O)OCC(=O)N[C@H]2CCC[C@@H](C)[C@@H]2C)c1C. The first-order valence-electron chi connectivity index (χ1n) is 10.5. The zero-order valence-electron chi connectivity index (χ0n) is 18.2. The molecule has 1 aromatic heterocycles. The molecule has 1 amide bonds. The summed E-state index contributed by atoms with van der Waals surface area (Å²) in [6.45, 7) is 10.9. The smallest absolute Gasteiger partial charge is 0.349 e. The number of ether oxygens (including phenoxy) is 1. The summed E-state index contributed by atoms with van der Waals surface area (Å²) in [4.78, 5) is 24.5. The van der Waals surface area contributed by atoms with Gasteiger partial charge in [-0.05, 0) is 56.2 Å². The minimum atomic E-state index is -0.770. The molecule has 29 heavy (non-hydrogen) atoms. The van der Waals surface area contributed by atoms with E-state index >= 15 is 0 Å². The largest absolute Gasteiger partial charge is 0.451 e. The van der Waals surface area contributed by atoms with Crippen LogP contribution in [-0.2, 0) is 20.9 Å². The number of carbonyl (C=O) groups excluding carboxylic acids is 2. The molecule has 0 radical (unpaired) electrons. The van der Waals surface area contributed by atoms with Crippen LogP contribution in [0.2, 0.25) is 0 Å². The Bertz CT molecular complexity index is 816. The molecular formula is C23H33N3O3. The van der Waals surface area contributed by atoms with Crippen LogP contribution in [0.4, 0.5) is 0 Å². The van der Waals surface area contributed by atoms with Crippen LogP contribution in [0.1, 0.15) is 63.4 Å². The standard InChI is InChI=1S/C23H33N3O3/c1-6-10-26-16(3)11-19(18(26)5)12-20(13-24)23(28)29-14-22(27)25-21-9-7-8-15(2)17(21)4/h11-12,15,17,21H,6-10,14H2,1-5H3,(H,25,27)/b20-12+/t15-,17+,21+/m1/s1. The fourth-order valence-corrected chi connectivity index (χ4v) is 4.08. The number of nitrogens with zero attached hydrogens (tertiary/aromatic N) is 2. The number of hydrogen-bond acceptors (Lipinski definition) is 4. The molecule has 6 heteroatoms. The van der Waals surface area contributed by atoms with Crippen molar-refractivity contribution in [3.05, 3.63) is 28.6 Å². The Hall–Kier alpha value is -2.55. The van der Waals surface area contributed by atoms with Gasteiger partial charge in [0.15, 0.2) is 6.61 Å². The van der Waals surface area contributed by atoms with Crippen molar-refractivity contribution in [2.45, 2.75) is 72.9 Å². The van der Waals surface area contributed by atoms with Crippen LogP contribution in [0.25, 0.3) is 6.08 Å². The van der Waals surface area contributed by atoms with Crippen molar-refractivity contribution in [1.29, 1.82) is 5.26 Å². The summed E-state index contributed by atoms with van der Waals surface area (Å²) in [5, 5.41) is 12.4. The van der Waals surface area contributed by atoms with Crippen molar-refractivity contribution < 1.29 is 14.3 Å². The monoisotopic (exact) mass is 399 g/mol. The van der Waals surface area contributed by atoms with Crippen LogP contribution in [-0.4, -0.2) is 29.1 Å². The third-order valence-corrected chi connectivity index (χ3v) is 6.09. The van der Waals surface area contributed by atoms with Gasteiger partial charge in [0.25, 0.3) is 5.91 Å². The molecule has 0 aliphatic heterocycles. The molecule has 0 saturated heterocycles. The molecule has 0 unspecified atom stereocenters. The van der Waals surface area contributed by atoms with Crippen molar-refractivity contribution in [3.63, 3.8) is 0 Å². The van der Waals surface area contributed by atoms with Crippen molar-refractivity contribution >= 4 is 18.0 Å². The van der Waals surface area contributed by atoms with Gasteiger partial charge in [0.2, 0.25) is 0 Å². The van der Waals surface area contributed by atoms with E-state index in [0.717, 1.165) is 42.8 Å². The fraction of sp³-hybridized carbons (Fsp3) is 0.609. The Morgan fingerprint density at radius 1 is 1.34 bits per heavy atom. The zero-order valence-corrected chi connectivity index (χ0v) is 18.2. The molecule has 1 aliphatic carbocycles. The van der Waals surface area contributed by atoms with Crippen LogP contribution >= 0.6 is 0 Å². The van der Waals surface area contributed by atoms with Gasteiger partial charge < -0.3 is 14.6 Å². The highest BCUT2D eigenvalue weighted by Gasteiger charge is 2.28. The number of nitriles is 1. The summed E-state index contributed by atoms with van der Waals surface area (Å²) in [6.07, 6.45) is 5.76. The number of carbonyl (C=O) groups is 2. The van der Waals surface area contributed by atoms with E-state index in [0.29, 0.717) is 11.8 Å². The van der Waals surface area contributed by atoms with Gasteiger partial charge in [0.1, 0.15) is 11.6 Å². The van der Waals surface area contributed by atoms with Gasteiger partial charge >= 0.3 is 5.97 Å². The molecule has 1 fully saturated rings. The van der Waals surface area contributed by atoms with Crippen molar-refractivity contribution in [1.82, 2.24) is 9.88 Å². The Morgan fingerprint density at radius 3 is 2.72 bits per heavy atom. The third kappa shape index (κ3) is 5.72. The van der Waals surface area contributed by atoms with Crippen LogP contribution < -0.4 is 5.32 Å². The second kappa shape index (κ2) is 10.3. The fourth-order valence-electron chi connectivity index (χ4n) is 4.08. The summed E-state index contributed by atoms with van der Waals surface area (Å²) in [6, 6.07) is 3.97. The molecule has 1 aromatic rings. The van der Waals surface area contributed by atoms with Crippen molar-refractivity contribution in [2.75, 3.05) is 6.61 Å². The van der Waals surface area contributed by atoms with E-state index in [1.807, 2.05) is 26.0 Å². The van der Waals surface area contributed by atoms with Gasteiger partial charge in [-0.15, -0.1) is 0 Å². The van der Waals surface area contributed by atoms with Gasteiger partial charge in [0.05, 0.1) is 0 Å². The summed E-state index contributed by atoms with van der Waals surface area (Å²) < 4.78 is 7.27. The zero-order chi connectivity index (χ0) is 21.6. The summed E-state index contributed by atoms with van der Waals surface area (Å²) in [5.74, 6) is -0.122. The van der Waals surface area contributed by atoms with E-state index in [4.69, 9.17) is 4.74 Å². The van der Waals surface area contributed by atoms with Crippen LogP contribution in [0.3, 0.4) is 0 Å². The summed E-state index contributed by atoms with van der Waals surface area (Å²) in [5.41, 5.74) is 2.80. The van der Waals surface area contributed by atoms with Gasteiger partial charge in [-0.3, -0.25) is 4.79 Å². The van der Waals surface area contributed by atoms with E-state index in [2.05, 4.69) is 30.7 Å². The highest BCUT2D eigenvalue weighted by Crippen LogP contribution is 2.29. The molecule has 2 rings (SSSR count). The lowest BCUT2D eigenvalue weighted by Gasteiger charge is -2.34. The summed E-state index contributed by atoms with van der Waals surface area (Å²) >= 11 is 0. The van der Waals surface area contributed by atoms with E-state index in [1.54, 1.807) is 6.08 Å². The van der Waals surface area contributed by atoms with Gasteiger partial charge in [0, 0.05) is 24.0 Å². The maximum absolute atomic E-state index is 12.3. The minimum Gasteiger partial charge on any atom is -0.451 e. The molecule has 0 aromatic carbocycles. The Balaban J connectivity index is 1.98. The van der Waals surface area contributed by atoms with Crippen molar-refractivity contribution in [2.24, 2.45) is 11.8 Å². The topological polar surface area (TPSA) is 84.1 Å². The number of aryl methyl sites for hydroxylation is 1. The van der Waals surface area contributed by atoms with Crippen LogP contribution in [0.15, 0.2) is 11.6 Å². The van der Waals surface area contributed by atoms with E-state index in [-0.39, 0.29) is 24.1 Å². The maximum atomic E-state index is 12.3. The number of amides is 1. The predicted molar refractivity (Wildman–Crippen MR) is 113 cm³/mol. The molecule has 6 nitrogen and oxygen atoms in total. The molecule has 3 atom stereocenters. The van der Waals surface area contributed by atoms with Crippen LogP contribution in [0, 0.1) is 37.0 Å². The molecule has 1 heterocycles. The summed E-state index contributed by atoms with van der Waals surface area (Å²) in [7, 11) is 0. The number of nitrogens with one attached hydrogen (secondary N) is 1. The van der Waals surface area contributed by atoms with E-state index < -0.39 is 5.97 Å². The lowest BCUT2D eigenvalue weighted by molar-refractivity contribution is -0.144. The van der Waals surface area contributed by atoms with Crippen LogP contribution in [0.5, 0.6) is 0 Å². The molecule has 0 spiro atoms. The number of aromatic nitrogens is 1. The predicted octanol–water partition coefficient (Wildman–Crippen LogP) is 3.91. The van der Waals surface area contributed by atoms with E-state index in [9.17, 15) is 14.9 Å². The normalized spacial score (nSPS) is 22.1. The third-order valence-electron chi connectivity index (χ3n) is 6.09. The highest BCUT2D eigenvalue weighted by molar-refractivity contribution is 5.99. The number of rotatable bonds is 7. The second-order valence-corrected chi connectivity index (χ2v) is 8.17. The highest BCUT2D eigenvalue weighted by atomic mass is 16.5. The molecular weight excluding hydrogens is 366 g/mol. The number of esters is 1. The first kappa shape index (κ1) is 22.7. The van der Waals surface area contributed by atoms with Crippen molar-refractivity contribution in [3.8, 4) is 6.07 Å². The first-order valence-corrected chi connectivity index (χ1v) is 10.5. The maximum Gasteiger partial charge on any atom is 0.349 e. The quantitative estimate of drug-likeness (QED) is 0.428. The molecule has 0 bridgehead atoms. The Kier molecular flexibility index (Phi) is 8.07. The van der Waals surface area contributed by atoms with Gasteiger partial charge in [-0.2, -0.15) is 5.26 Å². The number of hydrogen-bond donors (Lipinski definition) is 1. The van der Waals surface area contributed by atoms with Gasteiger partial charge in [-0.1, -0.05) is 33.6 Å². The lowest BCUT2D eigenvalue weighted by atomic mass is 9.78. The first-order chi connectivity index (χ1) is 13.8. The van der Waals surface area contributed by atoms with E-state index in [1.165, 1.54) is 6.42 Å². The molecule has 158 valence electrons. The average Bonchev–Trinajstić information content (AvgIpc) is 2.95.